The molecule has 3 rings (SSSR count). The molecule has 1 aromatic carbocycles. The maximum atomic E-state index is 12.1. The fourth-order valence-electron chi connectivity index (χ4n) is 3.97. The first-order valence-electron chi connectivity index (χ1n) is 10.2. The van der Waals surface area contributed by atoms with Gasteiger partial charge in [0, 0.05) is 32.2 Å². The third-order valence-electron chi connectivity index (χ3n) is 5.69. The second kappa shape index (κ2) is 9.77. The highest BCUT2D eigenvalue weighted by molar-refractivity contribution is 5.74. The number of allylic oxidation sites excluding steroid dienone is 1. The topological polar surface area (TPSA) is 44.4 Å². The van der Waals surface area contributed by atoms with E-state index in [0.29, 0.717) is 6.04 Å². The number of hydrogen-bond donors (Lipinski definition) is 2. The third kappa shape index (κ3) is 5.87. The highest BCUT2D eigenvalue weighted by Gasteiger charge is 2.20. The molecule has 0 aromatic heterocycles. The zero-order valence-corrected chi connectivity index (χ0v) is 16.1. The number of carbonyl (C=O) groups excluding carboxylic acids is 1. The van der Waals surface area contributed by atoms with Gasteiger partial charge < -0.3 is 10.6 Å². The molecule has 0 atom stereocenters. The van der Waals surface area contributed by atoms with Crippen LogP contribution in [-0.4, -0.2) is 36.6 Å². The molecule has 0 spiro atoms. The van der Waals surface area contributed by atoms with Crippen LogP contribution in [0.15, 0.2) is 35.9 Å². The minimum atomic E-state index is -0.00115. The van der Waals surface area contributed by atoms with Crippen LogP contribution in [0.5, 0.6) is 0 Å². The third-order valence-corrected chi connectivity index (χ3v) is 5.69. The van der Waals surface area contributed by atoms with E-state index in [-0.39, 0.29) is 6.03 Å². The van der Waals surface area contributed by atoms with Gasteiger partial charge in [-0.25, -0.2) is 4.79 Å². The molecule has 1 heterocycles. The van der Waals surface area contributed by atoms with Gasteiger partial charge >= 0.3 is 6.03 Å². The number of hydrogen-bond acceptors (Lipinski definition) is 2. The molecule has 1 aliphatic heterocycles. The van der Waals surface area contributed by atoms with E-state index in [0.717, 1.165) is 45.4 Å². The van der Waals surface area contributed by atoms with Gasteiger partial charge in [-0.15, -0.1) is 0 Å². The monoisotopic (exact) mass is 355 g/mol. The Morgan fingerprint density at radius 2 is 2.00 bits per heavy atom. The second-order valence-electron chi connectivity index (χ2n) is 7.74. The van der Waals surface area contributed by atoms with Crippen LogP contribution >= 0.6 is 0 Å². The summed E-state index contributed by atoms with van der Waals surface area (Å²) in [7, 11) is 0. The van der Waals surface area contributed by atoms with Gasteiger partial charge in [-0.3, -0.25) is 4.90 Å². The van der Waals surface area contributed by atoms with Crippen LogP contribution in [0.4, 0.5) is 4.79 Å². The van der Waals surface area contributed by atoms with Crippen LogP contribution in [0.2, 0.25) is 0 Å². The van der Waals surface area contributed by atoms with E-state index < -0.39 is 0 Å². The lowest BCUT2D eigenvalue weighted by Gasteiger charge is -2.32. The number of nitrogens with zero attached hydrogens (tertiary/aromatic N) is 1. The molecule has 0 saturated carbocycles. The summed E-state index contributed by atoms with van der Waals surface area (Å²) in [5, 5.41) is 6.19. The summed E-state index contributed by atoms with van der Waals surface area (Å²) in [4.78, 5) is 14.6. The van der Waals surface area contributed by atoms with Crippen molar-refractivity contribution in [3.8, 4) is 0 Å². The van der Waals surface area contributed by atoms with E-state index in [4.69, 9.17) is 0 Å². The van der Waals surface area contributed by atoms with Gasteiger partial charge in [0.15, 0.2) is 0 Å². The normalized spacial score (nSPS) is 19.0. The first-order valence-corrected chi connectivity index (χ1v) is 10.2. The average molecular weight is 356 g/mol. The number of rotatable bonds is 6. The Morgan fingerprint density at radius 3 is 2.73 bits per heavy atom. The summed E-state index contributed by atoms with van der Waals surface area (Å²) in [5.41, 5.74) is 4.29. The summed E-state index contributed by atoms with van der Waals surface area (Å²) in [6.45, 7) is 6.04. The van der Waals surface area contributed by atoms with E-state index in [1.54, 1.807) is 0 Å². The SMILES string of the molecule is Cc1ccccc1CN1CCC(NC(=O)NCCC2=CCCCC2)CC1. The molecule has 0 bridgehead atoms. The molecule has 4 heteroatoms. The van der Waals surface area contributed by atoms with Crippen molar-refractivity contribution in [2.24, 2.45) is 0 Å². The van der Waals surface area contributed by atoms with E-state index in [2.05, 4.69) is 52.8 Å². The van der Waals surface area contributed by atoms with Crippen molar-refractivity contribution < 1.29 is 4.79 Å². The highest BCUT2D eigenvalue weighted by atomic mass is 16.2. The molecule has 0 unspecified atom stereocenters. The molecule has 4 nitrogen and oxygen atoms in total. The van der Waals surface area contributed by atoms with Crippen molar-refractivity contribution in [3.63, 3.8) is 0 Å². The number of amides is 2. The van der Waals surface area contributed by atoms with E-state index >= 15 is 0 Å². The molecule has 0 radical (unpaired) electrons. The Morgan fingerprint density at radius 1 is 1.19 bits per heavy atom. The molecule has 2 aliphatic rings. The van der Waals surface area contributed by atoms with Gasteiger partial charge in [0.25, 0.3) is 0 Å². The quantitative estimate of drug-likeness (QED) is 0.753. The number of benzene rings is 1. The summed E-state index contributed by atoms with van der Waals surface area (Å²) < 4.78 is 0. The number of likely N-dealkylation sites (tertiary alicyclic amines) is 1. The lowest BCUT2D eigenvalue weighted by Crippen LogP contribution is -2.47. The number of piperidine rings is 1. The van der Waals surface area contributed by atoms with Crippen LogP contribution < -0.4 is 10.6 Å². The smallest absolute Gasteiger partial charge is 0.315 e. The molecule has 2 N–H and O–H groups in total. The zero-order valence-electron chi connectivity index (χ0n) is 16.1. The van der Waals surface area contributed by atoms with Crippen LogP contribution in [-0.2, 0) is 6.54 Å². The van der Waals surface area contributed by atoms with Crippen LogP contribution in [0.1, 0.15) is 56.1 Å². The maximum absolute atomic E-state index is 12.1. The minimum Gasteiger partial charge on any atom is -0.338 e. The number of aryl methyl sites for hydroxylation is 1. The first-order chi connectivity index (χ1) is 12.7. The van der Waals surface area contributed by atoms with Gasteiger partial charge in [0.1, 0.15) is 0 Å². The summed E-state index contributed by atoms with van der Waals surface area (Å²) in [6, 6.07) is 8.91. The van der Waals surface area contributed by atoms with E-state index in [1.807, 2.05) is 0 Å². The minimum absolute atomic E-state index is 0.00115. The van der Waals surface area contributed by atoms with E-state index in [9.17, 15) is 4.79 Å². The molecular weight excluding hydrogens is 322 g/mol. The molecule has 2 amide bonds. The molecule has 1 saturated heterocycles. The van der Waals surface area contributed by atoms with Gasteiger partial charge in [-0.05, 0) is 63.0 Å². The highest BCUT2D eigenvalue weighted by Crippen LogP contribution is 2.19. The van der Waals surface area contributed by atoms with Crippen molar-refractivity contribution in [2.45, 2.75) is 64.5 Å². The predicted octanol–water partition coefficient (Wildman–Crippen LogP) is 4.15. The van der Waals surface area contributed by atoms with Crippen LogP contribution in [0, 0.1) is 6.92 Å². The van der Waals surface area contributed by atoms with Crippen molar-refractivity contribution in [1.82, 2.24) is 15.5 Å². The Hall–Kier alpha value is -1.81. The lowest BCUT2D eigenvalue weighted by molar-refractivity contribution is 0.186. The predicted molar refractivity (Wildman–Crippen MR) is 107 cm³/mol. The Balaban J connectivity index is 1.32. The number of nitrogens with one attached hydrogen (secondary N) is 2. The van der Waals surface area contributed by atoms with Crippen LogP contribution in [0.3, 0.4) is 0 Å². The fraction of sp³-hybridized carbons (Fsp3) is 0.591. The Bertz CT molecular complexity index is 618. The van der Waals surface area contributed by atoms with E-state index in [1.165, 1.54) is 42.4 Å². The Labute approximate surface area is 158 Å². The molecule has 1 fully saturated rings. The van der Waals surface area contributed by atoms with Crippen molar-refractivity contribution in [3.05, 3.63) is 47.0 Å². The zero-order chi connectivity index (χ0) is 18.2. The maximum Gasteiger partial charge on any atom is 0.315 e. The van der Waals surface area contributed by atoms with Gasteiger partial charge in [-0.1, -0.05) is 35.9 Å². The van der Waals surface area contributed by atoms with Crippen molar-refractivity contribution >= 4 is 6.03 Å². The second-order valence-corrected chi connectivity index (χ2v) is 7.74. The summed E-state index contributed by atoms with van der Waals surface area (Å²) in [5.74, 6) is 0. The largest absolute Gasteiger partial charge is 0.338 e. The van der Waals surface area contributed by atoms with Crippen LogP contribution in [0.25, 0.3) is 0 Å². The number of carbonyl (C=O) groups is 1. The summed E-state index contributed by atoms with van der Waals surface area (Å²) in [6.07, 6.45) is 10.5. The number of urea groups is 1. The van der Waals surface area contributed by atoms with Gasteiger partial charge in [0.05, 0.1) is 0 Å². The first kappa shape index (κ1) is 19.0. The molecule has 1 aromatic rings. The van der Waals surface area contributed by atoms with Gasteiger partial charge in [-0.2, -0.15) is 0 Å². The standard InChI is InChI=1S/C22H33N3O/c1-18-7-5-6-10-20(18)17-25-15-12-21(13-16-25)24-22(26)23-14-11-19-8-3-2-4-9-19/h5-8,10,21H,2-4,9,11-17H2,1H3,(H2,23,24,26). The van der Waals surface area contributed by atoms with Gasteiger partial charge in [0.2, 0.25) is 0 Å². The molecule has 1 aliphatic carbocycles. The molecular formula is C22H33N3O. The average Bonchev–Trinajstić information content (AvgIpc) is 2.66. The molecule has 142 valence electrons. The molecule has 26 heavy (non-hydrogen) atoms. The fourth-order valence-corrected chi connectivity index (χ4v) is 3.97. The lowest BCUT2D eigenvalue weighted by atomic mass is 9.97. The summed E-state index contributed by atoms with van der Waals surface area (Å²) >= 11 is 0. The Kier molecular flexibility index (Phi) is 7.13. The van der Waals surface area contributed by atoms with Crippen molar-refractivity contribution in [2.75, 3.05) is 19.6 Å². The van der Waals surface area contributed by atoms with Crippen molar-refractivity contribution in [1.29, 1.82) is 0 Å².